The van der Waals surface area contributed by atoms with Crippen LogP contribution >= 0.6 is 0 Å². The van der Waals surface area contributed by atoms with Crippen molar-refractivity contribution in [3.63, 3.8) is 0 Å². The number of anilines is 3. The molecule has 0 radical (unpaired) electrons. The molecule has 2 fully saturated rings. The Kier molecular flexibility index (Phi) is 7.04. The summed E-state index contributed by atoms with van der Waals surface area (Å²) in [6, 6.07) is 1.54. The number of alkyl halides is 6. The van der Waals surface area contributed by atoms with E-state index in [0.717, 1.165) is 64.7 Å². The number of nitrogens with zero attached hydrogens (tertiary/aromatic N) is 5. The fourth-order valence-electron chi connectivity index (χ4n) is 4.21. The van der Waals surface area contributed by atoms with Crippen LogP contribution in [-0.2, 0) is 18.9 Å². The van der Waals surface area contributed by atoms with Gasteiger partial charge >= 0.3 is 12.4 Å². The van der Waals surface area contributed by atoms with Crippen molar-refractivity contribution in [1.82, 2.24) is 15.0 Å². The standard InChI is InChI=1S/C22H26F6N6/c23-21(24,25)16-11-15(12-17(13-16)22(26,27)28)14-29-18-30-19(33-7-3-1-4-8-33)32-20(31-18)34-9-5-2-6-10-34/h11-13H,1-10,14H2,(H,29,30,31,32). The van der Waals surface area contributed by atoms with E-state index in [1.807, 2.05) is 9.80 Å². The van der Waals surface area contributed by atoms with Crippen molar-refractivity contribution >= 4 is 17.8 Å². The summed E-state index contributed by atoms with van der Waals surface area (Å²) in [6.45, 7) is 2.84. The third-order valence-electron chi connectivity index (χ3n) is 5.99. The van der Waals surface area contributed by atoms with Crippen LogP contribution in [0.25, 0.3) is 0 Å². The van der Waals surface area contributed by atoms with Gasteiger partial charge in [0.25, 0.3) is 0 Å². The number of aromatic nitrogens is 3. The molecule has 3 heterocycles. The molecule has 6 nitrogen and oxygen atoms in total. The Morgan fingerprint density at radius 2 is 1.09 bits per heavy atom. The average Bonchev–Trinajstić information content (AvgIpc) is 2.82. The van der Waals surface area contributed by atoms with Gasteiger partial charge in [0.1, 0.15) is 0 Å². The lowest BCUT2D eigenvalue weighted by atomic mass is 10.0. The molecule has 186 valence electrons. The Labute approximate surface area is 193 Å². The van der Waals surface area contributed by atoms with Gasteiger partial charge in [0.15, 0.2) is 0 Å². The van der Waals surface area contributed by atoms with Gasteiger partial charge in [-0.2, -0.15) is 41.3 Å². The van der Waals surface area contributed by atoms with Crippen molar-refractivity contribution in [3.05, 3.63) is 34.9 Å². The predicted octanol–water partition coefficient (Wildman–Crippen LogP) is 5.50. The van der Waals surface area contributed by atoms with Crippen LogP contribution in [0.15, 0.2) is 18.2 Å². The maximum absolute atomic E-state index is 13.2. The van der Waals surface area contributed by atoms with E-state index in [1.54, 1.807) is 0 Å². The highest BCUT2D eigenvalue weighted by Crippen LogP contribution is 2.36. The number of nitrogens with one attached hydrogen (secondary N) is 1. The molecule has 34 heavy (non-hydrogen) atoms. The molecule has 2 saturated heterocycles. The molecule has 0 bridgehead atoms. The van der Waals surface area contributed by atoms with Crippen LogP contribution < -0.4 is 15.1 Å². The first-order chi connectivity index (χ1) is 16.1. The Morgan fingerprint density at radius 1 is 0.647 bits per heavy atom. The van der Waals surface area contributed by atoms with Crippen LogP contribution in [0.2, 0.25) is 0 Å². The zero-order valence-electron chi connectivity index (χ0n) is 18.5. The minimum atomic E-state index is -4.90. The van der Waals surface area contributed by atoms with Gasteiger partial charge in [0, 0.05) is 32.7 Å². The Hall–Kier alpha value is -2.79. The van der Waals surface area contributed by atoms with Gasteiger partial charge in [0.05, 0.1) is 11.1 Å². The predicted molar refractivity (Wildman–Crippen MR) is 116 cm³/mol. The van der Waals surface area contributed by atoms with Crippen molar-refractivity contribution in [3.8, 4) is 0 Å². The summed E-state index contributed by atoms with van der Waals surface area (Å²) in [7, 11) is 0. The SMILES string of the molecule is FC(F)(F)c1cc(CNc2nc(N3CCCCC3)nc(N3CCCCC3)n2)cc(C(F)(F)F)c1. The molecule has 1 N–H and O–H groups in total. The van der Waals surface area contributed by atoms with Crippen LogP contribution in [0.5, 0.6) is 0 Å². The second-order valence-corrected chi connectivity index (χ2v) is 8.62. The molecule has 0 unspecified atom stereocenters. The zero-order chi connectivity index (χ0) is 24.3. The van der Waals surface area contributed by atoms with Gasteiger partial charge < -0.3 is 15.1 Å². The smallest absolute Gasteiger partial charge is 0.350 e. The van der Waals surface area contributed by atoms with E-state index in [9.17, 15) is 26.3 Å². The van der Waals surface area contributed by atoms with Crippen LogP contribution in [0.1, 0.15) is 55.2 Å². The van der Waals surface area contributed by atoms with Gasteiger partial charge in [-0.05, 0) is 62.3 Å². The summed E-state index contributed by atoms with van der Waals surface area (Å²) in [5.74, 6) is 1.07. The van der Waals surface area contributed by atoms with Crippen LogP contribution in [-0.4, -0.2) is 41.1 Å². The van der Waals surface area contributed by atoms with E-state index in [4.69, 9.17) is 0 Å². The molecule has 1 aromatic heterocycles. The molecule has 0 saturated carbocycles. The number of benzene rings is 1. The first kappa shape index (κ1) is 24.3. The Balaban J connectivity index is 1.61. The average molecular weight is 488 g/mol. The second kappa shape index (κ2) is 9.83. The third-order valence-corrected chi connectivity index (χ3v) is 5.99. The largest absolute Gasteiger partial charge is 0.416 e. The lowest BCUT2D eigenvalue weighted by Crippen LogP contribution is -2.34. The van der Waals surface area contributed by atoms with Crippen molar-refractivity contribution in [2.45, 2.75) is 57.4 Å². The van der Waals surface area contributed by atoms with Crippen LogP contribution in [0.3, 0.4) is 0 Å². The number of halogens is 6. The molecule has 0 spiro atoms. The zero-order valence-corrected chi connectivity index (χ0v) is 18.5. The van der Waals surface area contributed by atoms with Crippen molar-refractivity contribution in [1.29, 1.82) is 0 Å². The normalized spacial score (nSPS) is 17.7. The van der Waals surface area contributed by atoms with Crippen molar-refractivity contribution in [2.75, 3.05) is 41.3 Å². The summed E-state index contributed by atoms with van der Waals surface area (Å²) >= 11 is 0. The number of rotatable bonds is 5. The maximum Gasteiger partial charge on any atom is 0.416 e. The number of piperidine rings is 2. The molecule has 1 aromatic carbocycles. The molecule has 12 heteroatoms. The highest BCUT2D eigenvalue weighted by Gasteiger charge is 2.36. The van der Waals surface area contributed by atoms with E-state index < -0.39 is 23.5 Å². The van der Waals surface area contributed by atoms with E-state index in [-0.39, 0.29) is 24.1 Å². The minimum Gasteiger partial charge on any atom is -0.350 e. The van der Waals surface area contributed by atoms with Gasteiger partial charge in [-0.3, -0.25) is 0 Å². The van der Waals surface area contributed by atoms with E-state index in [2.05, 4.69) is 20.3 Å². The maximum atomic E-state index is 13.2. The summed E-state index contributed by atoms with van der Waals surface area (Å²) in [5, 5.41) is 2.83. The molecule has 2 aliphatic heterocycles. The van der Waals surface area contributed by atoms with Gasteiger partial charge in [0.2, 0.25) is 17.8 Å². The fraction of sp³-hybridized carbons (Fsp3) is 0.591. The van der Waals surface area contributed by atoms with Gasteiger partial charge in [-0.1, -0.05) is 0 Å². The first-order valence-corrected chi connectivity index (χ1v) is 11.4. The number of hydrogen-bond donors (Lipinski definition) is 1. The Morgan fingerprint density at radius 3 is 1.50 bits per heavy atom. The monoisotopic (exact) mass is 488 g/mol. The van der Waals surface area contributed by atoms with E-state index in [1.165, 1.54) is 0 Å². The molecule has 0 atom stereocenters. The fourth-order valence-corrected chi connectivity index (χ4v) is 4.21. The quantitative estimate of drug-likeness (QED) is 0.561. The summed E-state index contributed by atoms with van der Waals surface area (Å²) in [4.78, 5) is 17.6. The topological polar surface area (TPSA) is 57.2 Å². The molecule has 0 amide bonds. The number of hydrogen-bond acceptors (Lipinski definition) is 6. The van der Waals surface area contributed by atoms with Crippen LogP contribution in [0, 0.1) is 0 Å². The summed E-state index contributed by atoms with van der Waals surface area (Å²) in [5.41, 5.74) is -2.86. The molecule has 0 aliphatic carbocycles. The Bertz CT molecular complexity index is 912. The highest BCUT2D eigenvalue weighted by molar-refractivity contribution is 5.46. The minimum absolute atomic E-state index is 0.120. The first-order valence-electron chi connectivity index (χ1n) is 11.4. The third kappa shape index (κ3) is 6.01. The second-order valence-electron chi connectivity index (χ2n) is 8.62. The molecule has 2 aliphatic rings. The van der Waals surface area contributed by atoms with Crippen molar-refractivity contribution < 1.29 is 26.3 Å². The molecule has 2 aromatic rings. The van der Waals surface area contributed by atoms with Crippen molar-refractivity contribution in [2.24, 2.45) is 0 Å². The van der Waals surface area contributed by atoms with Crippen LogP contribution in [0.4, 0.5) is 44.2 Å². The van der Waals surface area contributed by atoms with Gasteiger partial charge in [-0.25, -0.2) is 0 Å². The lowest BCUT2D eigenvalue weighted by molar-refractivity contribution is -0.143. The molecular weight excluding hydrogens is 462 g/mol. The van der Waals surface area contributed by atoms with Gasteiger partial charge in [-0.15, -0.1) is 0 Å². The highest BCUT2D eigenvalue weighted by atomic mass is 19.4. The van der Waals surface area contributed by atoms with E-state index in [0.29, 0.717) is 24.0 Å². The molecular formula is C22H26F6N6. The summed E-state index contributed by atoms with van der Waals surface area (Å²) in [6.07, 6.45) is -3.57. The van der Waals surface area contributed by atoms with E-state index >= 15 is 0 Å². The summed E-state index contributed by atoms with van der Waals surface area (Å²) < 4.78 is 79.1. The molecule has 4 rings (SSSR count). The lowest BCUT2D eigenvalue weighted by Gasteiger charge is -2.30.